The van der Waals surface area contributed by atoms with Gasteiger partial charge in [-0.1, -0.05) is 0 Å². The maximum Gasteiger partial charge on any atom is 0.251 e. The molecule has 1 aromatic rings. The molecule has 4 heteroatoms. The van der Waals surface area contributed by atoms with Crippen LogP contribution in [0.3, 0.4) is 0 Å². The Kier molecular flexibility index (Phi) is 4.12. The molecule has 0 saturated heterocycles. The van der Waals surface area contributed by atoms with Crippen molar-refractivity contribution in [1.82, 2.24) is 5.32 Å². The van der Waals surface area contributed by atoms with Crippen molar-refractivity contribution in [2.24, 2.45) is 0 Å². The Morgan fingerprint density at radius 1 is 1.41 bits per heavy atom. The Labute approximate surface area is 102 Å². The summed E-state index contributed by atoms with van der Waals surface area (Å²) in [4.78, 5) is 12.0. The molecular weight excluding hydrogens is 216 g/mol. The van der Waals surface area contributed by atoms with E-state index in [-0.39, 0.29) is 5.91 Å². The van der Waals surface area contributed by atoms with Crippen molar-refractivity contribution in [2.75, 3.05) is 19.5 Å². The van der Waals surface area contributed by atoms with Gasteiger partial charge >= 0.3 is 0 Å². The third kappa shape index (κ3) is 4.07. The van der Waals surface area contributed by atoms with E-state index in [1.54, 1.807) is 13.2 Å². The normalized spacial score (nSPS) is 11.3. The average molecular weight is 236 g/mol. The molecule has 4 nitrogen and oxygen atoms in total. The fraction of sp³-hybridized carbons (Fsp3) is 0.462. The fourth-order valence-electron chi connectivity index (χ4n) is 1.72. The number of nitrogen functional groups attached to an aromatic ring is 1. The largest absolute Gasteiger partial charge is 0.399 e. The van der Waals surface area contributed by atoms with E-state index >= 15 is 0 Å². The number of amides is 1. The molecule has 0 bridgehead atoms. The Morgan fingerprint density at radius 3 is 2.59 bits per heavy atom. The molecule has 0 atom stereocenters. The lowest BCUT2D eigenvalue weighted by Gasteiger charge is -2.25. The summed E-state index contributed by atoms with van der Waals surface area (Å²) in [7, 11) is 1.61. The summed E-state index contributed by atoms with van der Waals surface area (Å²) < 4.78 is 5.05. The minimum absolute atomic E-state index is 0.137. The molecule has 1 amide bonds. The van der Waals surface area contributed by atoms with E-state index in [1.807, 2.05) is 32.9 Å². The van der Waals surface area contributed by atoms with Crippen LogP contribution in [0, 0.1) is 6.92 Å². The zero-order chi connectivity index (χ0) is 13.1. The predicted octanol–water partition coefficient (Wildman–Crippen LogP) is 1.73. The number of nitrogens with two attached hydrogens (primary N) is 1. The molecule has 1 aromatic carbocycles. The molecule has 1 rings (SSSR count). The molecule has 17 heavy (non-hydrogen) atoms. The molecule has 0 heterocycles. The van der Waals surface area contributed by atoms with Crippen molar-refractivity contribution in [3.05, 3.63) is 29.3 Å². The topological polar surface area (TPSA) is 64.3 Å². The highest BCUT2D eigenvalue weighted by Crippen LogP contribution is 2.12. The molecule has 0 fully saturated rings. The average Bonchev–Trinajstić information content (AvgIpc) is 2.14. The van der Waals surface area contributed by atoms with Gasteiger partial charge in [0, 0.05) is 18.4 Å². The highest BCUT2D eigenvalue weighted by atomic mass is 16.5. The van der Waals surface area contributed by atoms with Gasteiger partial charge in [-0.15, -0.1) is 0 Å². The van der Waals surface area contributed by atoms with Gasteiger partial charge in [-0.05, 0) is 44.5 Å². The van der Waals surface area contributed by atoms with Crippen LogP contribution in [0.4, 0.5) is 5.69 Å². The SMILES string of the molecule is COCC(C)(C)NC(=O)c1cc(C)cc(N)c1. The summed E-state index contributed by atoms with van der Waals surface area (Å²) in [6.45, 7) is 6.19. The maximum atomic E-state index is 12.0. The highest BCUT2D eigenvalue weighted by molar-refractivity contribution is 5.95. The maximum absolute atomic E-state index is 12.0. The third-order valence-electron chi connectivity index (χ3n) is 2.32. The first-order valence-corrected chi connectivity index (χ1v) is 5.53. The monoisotopic (exact) mass is 236 g/mol. The number of rotatable bonds is 4. The molecule has 3 N–H and O–H groups in total. The van der Waals surface area contributed by atoms with Gasteiger partial charge in [0.05, 0.1) is 12.1 Å². The molecular formula is C13H20N2O2. The summed E-state index contributed by atoms with van der Waals surface area (Å²) >= 11 is 0. The highest BCUT2D eigenvalue weighted by Gasteiger charge is 2.21. The number of carbonyl (C=O) groups is 1. The molecule has 0 saturated carbocycles. The van der Waals surface area contributed by atoms with Gasteiger partial charge in [-0.25, -0.2) is 0 Å². The first-order chi connectivity index (χ1) is 7.84. The van der Waals surface area contributed by atoms with Gasteiger partial charge in [-0.3, -0.25) is 4.79 Å². The zero-order valence-electron chi connectivity index (χ0n) is 10.8. The molecule has 0 unspecified atom stereocenters. The van der Waals surface area contributed by atoms with Crippen molar-refractivity contribution in [1.29, 1.82) is 0 Å². The minimum Gasteiger partial charge on any atom is -0.399 e. The first-order valence-electron chi connectivity index (χ1n) is 5.53. The van der Waals surface area contributed by atoms with E-state index in [2.05, 4.69) is 5.32 Å². The fourth-order valence-corrected chi connectivity index (χ4v) is 1.72. The number of carbonyl (C=O) groups excluding carboxylic acids is 1. The number of hydrogen-bond donors (Lipinski definition) is 2. The number of benzene rings is 1. The molecule has 0 aliphatic rings. The zero-order valence-corrected chi connectivity index (χ0v) is 10.8. The van der Waals surface area contributed by atoms with Gasteiger partial charge in [0.15, 0.2) is 0 Å². The second kappa shape index (κ2) is 5.19. The molecule has 94 valence electrons. The van der Waals surface area contributed by atoms with Gasteiger partial charge in [0.25, 0.3) is 5.91 Å². The van der Waals surface area contributed by atoms with Crippen LogP contribution in [0.1, 0.15) is 29.8 Å². The van der Waals surface area contributed by atoms with E-state index in [1.165, 1.54) is 0 Å². The van der Waals surface area contributed by atoms with Crippen LogP contribution in [-0.4, -0.2) is 25.2 Å². The van der Waals surface area contributed by atoms with Crippen molar-refractivity contribution in [2.45, 2.75) is 26.3 Å². The smallest absolute Gasteiger partial charge is 0.251 e. The van der Waals surface area contributed by atoms with Crippen LogP contribution >= 0.6 is 0 Å². The van der Waals surface area contributed by atoms with Gasteiger partial charge < -0.3 is 15.8 Å². The van der Waals surface area contributed by atoms with Crippen LogP contribution in [-0.2, 0) is 4.74 Å². The lowest BCUT2D eigenvalue weighted by Crippen LogP contribution is -2.46. The molecule has 0 aromatic heterocycles. The number of hydrogen-bond acceptors (Lipinski definition) is 3. The quantitative estimate of drug-likeness (QED) is 0.782. The number of aryl methyl sites for hydroxylation is 1. The first kappa shape index (κ1) is 13.5. The van der Waals surface area contributed by atoms with Crippen LogP contribution in [0.2, 0.25) is 0 Å². The Hall–Kier alpha value is -1.55. The molecule has 0 spiro atoms. The Balaban J connectivity index is 2.83. The van der Waals surface area contributed by atoms with E-state index in [4.69, 9.17) is 10.5 Å². The third-order valence-corrected chi connectivity index (χ3v) is 2.32. The summed E-state index contributed by atoms with van der Waals surface area (Å²) in [5.74, 6) is -0.137. The van der Waals surface area contributed by atoms with Crippen LogP contribution in [0.25, 0.3) is 0 Å². The van der Waals surface area contributed by atoms with E-state index in [0.717, 1.165) is 5.56 Å². The lowest BCUT2D eigenvalue weighted by atomic mass is 10.0. The van der Waals surface area contributed by atoms with Gasteiger partial charge in [0.2, 0.25) is 0 Å². The minimum atomic E-state index is -0.398. The van der Waals surface area contributed by atoms with Crippen molar-refractivity contribution in [3.63, 3.8) is 0 Å². The van der Waals surface area contributed by atoms with Crippen molar-refractivity contribution < 1.29 is 9.53 Å². The number of anilines is 1. The second-order valence-electron chi connectivity index (χ2n) is 4.90. The summed E-state index contributed by atoms with van der Waals surface area (Å²) in [6, 6.07) is 5.32. The Bertz CT molecular complexity index is 394. The van der Waals surface area contributed by atoms with Crippen LogP contribution in [0.5, 0.6) is 0 Å². The van der Waals surface area contributed by atoms with Crippen molar-refractivity contribution in [3.8, 4) is 0 Å². The second-order valence-corrected chi connectivity index (χ2v) is 4.90. The molecule has 0 aliphatic heterocycles. The lowest BCUT2D eigenvalue weighted by molar-refractivity contribution is 0.0820. The molecule has 0 radical (unpaired) electrons. The predicted molar refractivity (Wildman–Crippen MR) is 69.0 cm³/mol. The number of methoxy groups -OCH3 is 1. The van der Waals surface area contributed by atoms with Crippen LogP contribution in [0.15, 0.2) is 18.2 Å². The van der Waals surface area contributed by atoms with E-state index in [9.17, 15) is 4.79 Å². The van der Waals surface area contributed by atoms with Gasteiger partial charge in [-0.2, -0.15) is 0 Å². The standard InChI is InChI=1S/C13H20N2O2/c1-9-5-10(7-11(14)6-9)12(16)15-13(2,3)8-17-4/h5-7H,8,14H2,1-4H3,(H,15,16). The van der Waals surface area contributed by atoms with Crippen LogP contribution < -0.4 is 11.1 Å². The van der Waals surface area contributed by atoms with E-state index < -0.39 is 5.54 Å². The van der Waals surface area contributed by atoms with Gasteiger partial charge in [0.1, 0.15) is 0 Å². The number of nitrogens with one attached hydrogen (secondary N) is 1. The Morgan fingerprint density at radius 2 is 2.06 bits per heavy atom. The van der Waals surface area contributed by atoms with Crippen molar-refractivity contribution >= 4 is 11.6 Å². The van der Waals surface area contributed by atoms with E-state index in [0.29, 0.717) is 17.9 Å². The summed E-state index contributed by atoms with van der Waals surface area (Å²) in [5, 5.41) is 2.91. The number of ether oxygens (including phenoxy) is 1. The molecule has 0 aliphatic carbocycles. The summed E-state index contributed by atoms with van der Waals surface area (Å²) in [6.07, 6.45) is 0. The summed E-state index contributed by atoms with van der Waals surface area (Å²) in [5.41, 5.74) is 7.46.